The second kappa shape index (κ2) is 9.05. The molecule has 1 fully saturated rings. The van der Waals surface area contributed by atoms with E-state index in [1.165, 1.54) is 23.7 Å². The van der Waals surface area contributed by atoms with Gasteiger partial charge in [0, 0.05) is 18.3 Å². The molecule has 4 rings (SSSR count). The Morgan fingerprint density at radius 2 is 2.19 bits per heavy atom. The fourth-order valence-corrected chi connectivity index (χ4v) is 3.80. The van der Waals surface area contributed by atoms with Crippen molar-refractivity contribution in [3.05, 3.63) is 53.9 Å². The number of carbonyl (C=O) groups is 1. The van der Waals surface area contributed by atoms with Crippen molar-refractivity contribution in [2.45, 2.75) is 38.0 Å². The van der Waals surface area contributed by atoms with Gasteiger partial charge in [-0.05, 0) is 44.0 Å². The maximum Gasteiger partial charge on any atom is 0.413 e. The molecule has 0 saturated carbocycles. The van der Waals surface area contributed by atoms with Gasteiger partial charge in [-0.15, -0.1) is 0 Å². The number of hydrogen-bond donors (Lipinski definition) is 3. The highest BCUT2D eigenvalue weighted by Gasteiger charge is 2.30. The van der Waals surface area contributed by atoms with E-state index in [0.29, 0.717) is 18.8 Å². The van der Waals surface area contributed by atoms with Gasteiger partial charge in [0.05, 0.1) is 31.0 Å². The van der Waals surface area contributed by atoms with Gasteiger partial charge in [-0.25, -0.2) is 23.1 Å². The lowest BCUT2D eigenvalue weighted by Gasteiger charge is -2.26. The van der Waals surface area contributed by atoms with Gasteiger partial charge in [0.15, 0.2) is 5.75 Å². The number of fused-ring (bicyclic) bond motifs is 1. The van der Waals surface area contributed by atoms with Crippen molar-refractivity contribution >= 4 is 17.6 Å². The lowest BCUT2D eigenvalue weighted by molar-refractivity contribution is 0.100. The van der Waals surface area contributed by atoms with Crippen LogP contribution in [0, 0.1) is 11.6 Å². The van der Waals surface area contributed by atoms with Gasteiger partial charge in [-0.1, -0.05) is 0 Å². The molecule has 0 radical (unpaired) electrons. The Balaban J connectivity index is 1.59. The standard InChI is InChI=1S/C21H23F2N5O4/c1-12(30)16(11-29)25-21(31)32-18-10-24-28-8-6-19(26-20(18)28)27-7-2-3-17(27)14-9-13(22)4-5-15(14)23/h4-6,8-10,12,16-17,29-30H,2-3,7,11H2,1H3,(H,25,31)/t12-,16-,17+/m0/s1. The summed E-state index contributed by atoms with van der Waals surface area (Å²) in [6, 6.07) is 3.84. The SMILES string of the molecule is C[C@H](O)[C@H](CO)NC(=O)Oc1cnn2ccc(N3CCC[C@@H]3c3cc(F)ccc3F)nc12. The second-order valence-corrected chi connectivity index (χ2v) is 7.64. The topological polar surface area (TPSA) is 112 Å². The molecule has 32 heavy (non-hydrogen) atoms. The molecule has 170 valence electrons. The fourth-order valence-electron chi connectivity index (χ4n) is 3.80. The van der Waals surface area contributed by atoms with Gasteiger partial charge < -0.3 is 25.2 Å². The van der Waals surface area contributed by atoms with Crippen LogP contribution >= 0.6 is 0 Å². The van der Waals surface area contributed by atoms with Gasteiger partial charge in [0.2, 0.25) is 5.65 Å². The summed E-state index contributed by atoms with van der Waals surface area (Å²) in [5, 5.41) is 25.3. The molecule has 1 aromatic carbocycles. The molecule has 0 aliphatic carbocycles. The summed E-state index contributed by atoms with van der Waals surface area (Å²) in [5.74, 6) is -0.413. The largest absolute Gasteiger partial charge is 0.413 e. The van der Waals surface area contributed by atoms with Gasteiger partial charge >= 0.3 is 6.09 Å². The van der Waals surface area contributed by atoms with Crippen LogP contribution < -0.4 is 15.0 Å². The highest BCUT2D eigenvalue weighted by molar-refractivity contribution is 5.73. The predicted molar refractivity (Wildman–Crippen MR) is 110 cm³/mol. The van der Waals surface area contributed by atoms with E-state index in [1.807, 2.05) is 4.90 Å². The first-order valence-corrected chi connectivity index (χ1v) is 10.2. The number of aliphatic hydroxyl groups is 2. The van der Waals surface area contributed by atoms with Crippen LogP contribution in [0.2, 0.25) is 0 Å². The van der Waals surface area contributed by atoms with Gasteiger partial charge in [0.1, 0.15) is 17.5 Å². The monoisotopic (exact) mass is 447 g/mol. The number of aliphatic hydroxyl groups excluding tert-OH is 2. The Bertz CT molecular complexity index is 1120. The quantitative estimate of drug-likeness (QED) is 0.531. The summed E-state index contributed by atoms with van der Waals surface area (Å²) in [6.45, 7) is 1.57. The number of halogens is 2. The molecule has 11 heteroatoms. The Morgan fingerprint density at radius 1 is 1.38 bits per heavy atom. The smallest absolute Gasteiger partial charge is 0.405 e. The van der Waals surface area contributed by atoms with Crippen LogP contribution in [-0.2, 0) is 0 Å². The number of amides is 1. The molecule has 1 saturated heterocycles. The summed E-state index contributed by atoms with van der Waals surface area (Å²) in [6.07, 6.45) is 2.51. The van der Waals surface area contributed by atoms with Gasteiger partial charge in [-0.3, -0.25) is 0 Å². The highest BCUT2D eigenvalue weighted by atomic mass is 19.1. The molecule has 1 aliphatic rings. The molecule has 0 spiro atoms. The van der Waals surface area contributed by atoms with Crippen LogP contribution in [0.3, 0.4) is 0 Å². The average Bonchev–Trinajstić information content (AvgIpc) is 3.40. The Morgan fingerprint density at radius 3 is 2.94 bits per heavy atom. The number of nitrogens with one attached hydrogen (secondary N) is 1. The Hall–Kier alpha value is -3.31. The molecular formula is C21H23F2N5O4. The molecular weight excluding hydrogens is 424 g/mol. The molecule has 3 heterocycles. The van der Waals surface area contributed by atoms with Crippen molar-refractivity contribution < 1.29 is 28.5 Å². The zero-order chi connectivity index (χ0) is 22.8. The molecule has 3 aromatic rings. The lowest BCUT2D eigenvalue weighted by atomic mass is 10.0. The van der Waals surface area contributed by atoms with Crippen molar-refractivity contribution in [2.75, 3.05) is 18.1 Å². The Labute approximate surface area is 182 Å². The third-order valence-electron chi connectivity index (χ3n) is 5.47. The van der Waals surface area contributed by atoms with E-state index in [1.54, 1.807) is 12.3 Å². The number of rotatable bonds is 6. The van der Waals surface area contributed by atoms with E-state index in [-0.39, 0.29) is 23.0 Å². The number of benzene rings is 1. The van der Waals surface area contributed by atoms with Crippen LogP contribution in [0.25, 0.3) is 5.65 Å². The first-order chi connectivity index (χ1) is 15.4. The van der Waals surface area contributed by atoms with Crippen LogP contribution in [0.15, 0.2) is 36.7 Å². The Kier molecular flexibility index (Phi) is 6.19. The molecule has 1 amide bonds. The predicted octanol–water partition coefficient (Wildman–Crippen LogP) is 2.18. The average molecular weight is 447 g/mol. The molecule has 0 unspecified atom stereocenters. The first kappa shape index (κ1) is 21.9. The minimum absolute atomic E-state index is 0.0688. The van der Waals surface area contributed by atoms with E-state index in [0.717, 1.165) is 18.6 Å². The van der Waals surface area contributed by atoms with E-state index in [9.17, 15) is 23.8 Å². The molecule has 1 aliphatic heterocycles. The number of aromatic nitrogens is 3. The van der Waals surface area contributed by atoms with Crippen molar-refractivity contribution in [3.63, 3.8) is 0 Å². The third kappa shape index (κ3) is 4.34. The summed E-state index contributed by atoms with van der Waals surface area (Å²) >= 11 is 0. The minimum Gasteiger partial charge on any atom is -0.405 e. The van der Waals surface area contributed by atoms with Crippen molar-refractivity contribution in [1.29, 1.82) is 0 Å². The van der Waals surface area contributed by atoms with Crippen LogP contribution in [-0.4, -0.2) is 56.2 Å². The van der Waals surface area contributed by atoms with Gasteiger partial charge in [-0.2, -0.15) is 5.10 Å². The first-order valence-electron chi connectivity index (χ1n) is 10.2. The molecule has 2 aromatic heterocycles. The summed E-state index contributed by atoms with van der Waals surface area (Å²) in [4.78, 5) is 18.6. The number of ether oxygens (including phenoxy) is 1. The molecule has 0 bridgehead atoms. The molecule has 3 atom stereocenters. The van der Waals surface area contributed by atoms with E-state index >= 15 is 0 Å². The maximum atomic E-state index is 14.4. The van der Waals surface area contributed by atoms with E-state index in [2.05, 4.69) is 15.4 Å². The lowest BCUT2D eigenvalue weighted by Crippen LogP contribution is -2.45. The second-order valence-electron chi connectivity index (χ2n) is 7.64. The van der Waals surface area contributed by atoms with Crippen molar-refractivity contribution in [2.24, 2.45) is 0 Å². The molecule has 9 nitrogen and oxygen atoms in total. The highest BCUT2D eigenvalue weighted by Crippen LogP contribution is 2.37. The van der Waals surface area contributed by atoms with Crippen molar-refractivity contribution in [1.82, 2.24) is 19.9 Å². The summed E-state index contributed by atoms with van der Waals surface area (Å²) in [7, 11) is 0. The number of nitrogens with zero attached hydrogens (tertiary/aromatic N) is 4. The fraction of sp³-hybridized carbons (Fsp3) is 0.381. The third-order valence-corrected chi connectivity index (χ3v) is 5.47. The summed E-state index contributed by atoms with van der Waals surface area (Å²) in [5.41, 5.74) is 0.516. The van der Waals surface area contributed by atoms with E-state index < -0.39 is 36.5 Å². The normalized spacial score (nSPS) is 18.0. The number of carbonyl (C=O) groups excluding carboxylic acids is 1. The van der Waals surface area contributed by atoms with E-state index in [4.69, 9.17) is 4.74 Å². The minimum atomic E-state index is -0.975. The zero-order valence-electron chi connectivity index (χ0n) is 17.3. The van der Waals surface area contributed by atoms with Crippen molar-refractivity contribution in [3.8, 4) is 5.75 Å². The molecule has 3 N–H and O–H groups in total. The summed E-state index contributed by atoms with van der Waals surface area (Å²) < 4.78 is 34.8. The maximum absolute atomic E-state index is 14.4. The zero-order valence-corrected chi connectivity index (χ0v) is 17.3. The van der Waals surface area contributed by atoms with Gasteiger partial charge in [0.25, 0.3) is 0 Å². The van der Waals surface area contributed by atoms with Crippen LogP contribution in [0.4, 0.5) is 19.4 Å². The number of anilines is 1. The van der Waals surface area contributed by atoms with Crippen LogP contribution in [0.5, 0.6) is 5.75 Å². The number of hydrogen-bond acceptors (Lipinski definition) is 7. The van der Waals surface area contributed by atoms with Crippen LogP contribution in [0.1, 0.15) is 31.4 Å².